The Morgan fingerprint density at radius 2 is 1.95 bits per heavy atom. The molecule has 0 aliphatic rings. The van der Waals surface area contributed by atoms with Gasteiger partial charge in [-0.1, -0.05) is 56.0 Å². The zero-order chi connectivity index (χ0) is 14.6. The zero-order valence-electron chi connectivity index (χ0n) is 12.5. The highest BCUT2D eigenvalue weighted by molar-refractivity contribution is 7.80. The van der Waals surface area contributed by atoms with Gasteiger partial charge in [0, 0.05) is 12.8 Å². The SMILES string of the molecule is CCCCCC#CC(CC(=S)OCC)c1ccccc1. The summed E-state index contributed by atoms with van der Waals surface area (Å²) >= 11 is 5.26. The highest BCUT2D eigenvalue weighted by Gasteiger charge is 2.11. The molecular formula is C18H24OS. The third-order valence-electron chi connectivity index (χ3n) is 3.06. The fourth-order valence-corrected chi connectivity index (χ4v) is 2.27. The van der Waals surface area contributed by atoms with Crippen LogP contribution in [0.15, 0.2) is 30.3 Å². The average Bonchev–Trinajstić information content (AvgIpc) is 2.47. The van der Waals surface area contributed by atoms with Gasteiger partial charge in [-0.2, -0.15) is 0 Å². The van der Waals surface area contributed by atoms with E-state index in [4.69, 9.17) is 17.0 Å². The predicted molar refractivity (Wildman–Crippen MR) is 89.9 cm³/mol. The van der Waals surface area contributed by atoms with Gasteiger partial charge in [-0.3, -0.25) is 0 Å². The molecule has 0 saturated heterocycles. The topological polar surface area (TPSA) is 9.23 Å². The molecule has 2 heteroatoms. The summed E-state index contributed by atoms with van der Waals surface area (Å²) in [6.07, 6.45) is 5.34. The summed E-state index contributed by atoms with van der Waals surface area (Å²) in [5.41, 5.74) is 1.22. The monoisotopic (exact) mass is 288 g/mol. The maximum atomic E-state index is 5.40. The van der Waals surface area contributed by atoms with Crippen molar-refractivity contribution >= 4 is 17.3 Å². The number of hydrogen-bond donors (Lipinski definition) is 0. The van der Waals surface area contributed by atoms with E-state index in [2.05, 4.69) is 30.9 Å². The van der Waals surface area contributed by atoms with Gasteiger partial charge in [-0.25, -0.2) is 0 Å². The van der Waals surface area contributed by atoms with Crippen LogP contribution < -0.4 is 0 Å². The van der Waals surface area contributed by atoms with E-state index in [-0.39, 0.29) is 5.92 Å². The lowest BCUT2D eigenvalue weighted by molar-refractivity contribution is 0.326. The maximum Gasteiger partial charge on any atom is 0.161 e. The van der Waals surface area contributed by atoms with Crippen molar-refractivity contribution in [3.8, 4) is 11.8 Å². The lowest BCUT2D eigenvalue weighted by atomic mass is 9.96. The van der Waals surface area contributed by atoms with E-state index in [0.717, 1.165) is 6.42 Å². The Morgan fingerprint density at radius 3 is 2.60 bits per heavy atom. The van der Waals surface area contributed by atoms with Crippen molar-refractivity contribution in [2.45, 2.75) is 51.9 Å². The Hall–Kier alpha value is -1.33. The zero-order valence-corrected chi connectivity index (χ0v) is 13.3. The minimum absolute atomic E-state index is 0.150. The van der Waals surface area contributed by atoms with Gasteiger partial charge < -0.3 is 4.74 Å². The van der Waals surface area contributed by atoms with E-state index in [0.29, 0.717) is 18.1 Å². The highest BCUT2D eigenvalue weighted by atomic mass is 32.1. The standard InChI is InChI=1S/C18H24OS/c1-3-5-6-7-9-14-17(15-18(20)19-4-2)16-12-10-8-11-13-16/h8,10-13,17H,3-7,15H2,1-2H3. The molecule has 0 heterocycles. The molecule has 0 amide bonds. The molecule has 0 radical (unpaired) electrons. The van der Waals surface area contributed by atoms with Crippen LogP contribution in [-0.2, 0) is 4.74 Å². The lowest BCUT2D eigenvalue weighted by Gasteiger charge is -2.12. The number of rotatable bonds is 7. The van der Waals surface area contributed by atoms with Gasteiger partial charge in [0.2, 0.25) is 0 Å². The summed E-state index contributed by atoms with van der Waals surface area (Å²) < 4.78 is 5.40. The van der Waals surface area contributed by atoms with Crippen molar-refractivity contribution in [3.05, 3.63) is 35.9 Å². The first kappa shape index (κ1) is 16.7. The van der Waals surface area contributed by atoms with Crippen LogP contribution in [0.1, 0.15) is 57.4 Å². The van der Waals surface area contributed by atoms with Crippen LogP contribution >= 0.6 is 12.2 Å². The van der Waals surface area contributed by atoms with E-state index in [1.807, 2.05) is 25.1 Å². The fourth-order valence-electron chi connectivity index (χ4n) is 1.98. The number of ether oxygens (including phenoxy) is 1. The second kappa shape index (κ2) is 10.5. The van der Waals surface area contributed by atoms with Crippen LogP contribution in [-0.4, -0.2) is 11.7 Å². The molecule has 20 heavy (non-hydrogen) atoms. The average molecular weight is 288 g/mol. The number of benzene rings is 1. The first-order valence-corrected chi connectivity index (χ1v) is 7.87. The minimum Gasteiger partial charge on any atom is -0.487 e. The van der Waals surface area contributed by atoms with Crippen molar-refractivity contribution in [1.82, 2.24) is 0 Å². The Kier molecular flexibility index (Phi) is 8.74. The summed E-state index contributed by atoms with van der Waals surface area (Å²) in [6.45, 7) is 4.80. The molecule has 0 aliphatic carbocycles. The Morgan fingerprint density at radius 1 is 1.20 bits per heavy atom. The van der Waals surface area contributed by atoms with E-state index < -0.39 is 0 Å². The van der Waals surface area contributed by atoms with Gasteiger partial charge in [-0.05, 0) is 31.1 Å². The molecule has 1 atom stereocenters. The second-order valence-corrected chi connectivity index (χ2v) is 5.21. The molecule has 0 fully saturated rings. The fraction of sp³-hybridized carbons (Fsp3) is 0.500. The number of unbranched alkanes of at least 4 members (excludes halogenated alkanes) is 3. The normalized spacial score (nSPS) is 11.3. The third-order valence-corrected chi connectivity index (χ3v) is 3.34. The molecular weight excluding hydrogens is 264 g/mol. The van der Waals surface area contributed by atoms with Crippen molar-refractivity contribution in [2.24, 2.45) is 0 Å². The van der Waals surface area contributed by atoms with Gasteiger partial charge >= 0.3 is 0 Å². The van der Waals surface area contributed by atoms with Crippen LogP contribution in [0.4, 0.5) is 0 Å². The van der Waals surface area contributed by atoms with E-state index in [1.165, 1.54) is 24.8 Å². The smallest absolute Gasteiger partial charge is 0.161 e. The van der Waals surface area contributed by atoms with Crippen LogP contribution in [0.25, 0.3) is 0 Å². The first-order valence-electron chi connectivity index (χ1n) is 7.46. The van der Waals surface area contributed by atoms with Crippen molar-refractivity contribution in [3.63, 3.8) is 0 Å². The Labute approximate surface area is 128 Å². The lowest BCUT2D eigenvalue weighted by Crippen LogP contribution is -2.07. The summed E-state index contributed by atoms with van der Waals surface area (Å²) in [7, 11) is 0. The molecule has 1 aromatic carbocycles. The summed E-state index contributed by atoms with van der Waals surface area (Å²) in [6, 6.07) is 10.3. The molecule has 0 spiro atoms. The minimum atomic E-state index is 0.150. The van der Waals surface area contributed by atoms with Crippen LogP contribution in [0, 0.1) is 11.8 Å². The van der Waals surface area contributed by atoms with Crippen LogP contribution in [0.5, 0.6) is 0 Å². The largest absolute Gasteiger partial charge is 0.487 e. The molecule has 1 nitrogen and oxygen atoms in total. The first-order chi connectivity index (χ1) is 9.77. The highest BCUT2D eigenvalue weighted by Crippen LogP contribution is 2.20. The Balaban J connectivity index is 2.67. The maximum absolute atomic E-state index is 5.40. The molecule has 1 unspecified atom stereocenters. The van der Waals surface area contributed by atoms with Crippen LogP contribution in [0.3, 0.4) is 0 Å². The van der Waals surface area contributed by atoms with E-state index in [1.54, 1.807) is 0 Å². The number of thiocarbonyl (C=S) groups is 1. The van der Waals surface area contributed by atoms with Gasteiger partial charge in [-0.15, -0.1) is 5.92 Å². The van der Waals surface area contributed by atoms with Crippen molar-refractivity contribution < 1.29 is 4.74 Å². The quantitative estimate of drug-likeness (QED) is 0.392. The van der Waals surface area contributed by atoms with E-state index >= 15 is 0 Å². The molecule has 0 N–H and O–H groups in total. The van der Waals surface area contributed by atoms with Crippen LogP contribution in [0.2, 0.25) is 0 Å². The predicted octanol–water partition coefficient (Wildman–Crippen LogP) is 5.11. The van der Waals surface area contributed by atoms with Crippen molar-refractivity contribution in [1.29, 1.82) is 0 Å². The number of hydrogen-bond acceptors (Lipinski definition) is 2. The molecule has 108 valence electrons. The van der Waals surface area contributed by atoms with E-state index in [9.17, 15) is 0 Å². The van der Waals surface area contributed by atoms with Gasteiger partial charge in [0.1, 0.15) is 0 Å². The third kappa shape index (κ3) is 6.73. The molecule has 0 aromatic heterocycles. The Bertz CT molecular complexity index is 441. The van der Waals surface area contributed by atoms with Gasteiger partial charge in [0.25, 0.3) is 0 Å². The van der Waals surface area contributed by atoms with Gasteiger partial charge in [0.15, 0.2) is 5.05 Å². The molecule has 1 aromatic rings. The summed E-state index contributed by atoms with van der Waals surface area (Å²) in [4.78, 5) is 0. The molecule has 0 bridgehead atoms. The van der Waals surface area contributed by atoms with Gasteiger partial charge in [0.05, 0.1) is 12.5 Å². The van der Waals surface area contributed by atoms with Crippen molar-refractivity contribution in [2.75, 3.05) is 6.61 Å². The molecule has 0 aliphatic heterocycles. The summed E-state index contributed by atoms with van der Waals surface area (Å²) in [5, 5.41) is 0.657. The second-order valence-electron chi connectivity index (χ2n) is 4.75. The molecule has 1 rings (SSSR count). The molecule has 0 saturated carbocycles. The summed E-state index contributed by atoms with van der Waals surface area (Å²) in [5.74, 6) is 6.82.